The van der Waals surface area contributed by atoms with Crippen molar-refractivity contribution in [3.8, 4) is 22.8 Å². The second-order valence-corrected chi connectivity index (χ2v) is 6.30. The van der Waals surface area contributed by atoms with Crippen molar-refractivity contribution in [2.24, 2.45) is 0 Å². The molecular formula is C19H17F5N4O2. The van der Waals surface area contributed by atoms with E-state index in [4.69, 9.17) is 5.11 Å². The summed E-state index contributed by atoms with van der Waals surface area (Å²) >= 11 is 0. The molecule has 160 valence electrons. The third kappa shape index (κ3) is 4.67. The van der Waals surface area contributed by atoms with Gasteiger partial charge in [0.1, 0.15) is 5.75 Å². The largest absolute Gasteiger partial charge is 0.499 e. The zero-order chi connectivity index (χ0) is 21.9. The van der Waals surface area contributed by atoms with Crippen LogP contribution in [0.1, 0.15) is 5.56 Å². The molecule has 0 unspecified atom stereocenters. The monoisotopic (exact) mass is 428 g/mol. The standard InChI is InChI=1S/C19H17F5N4O2/c1-12-2-4-13(5-3-12)16-26-17(25-10-11-29)28(27-16)14-6-8-15(9-7-14)30-19(23,24)18(20,21)22/h2-9,29H,10-11H2,1H3,(H,25,26,27). The number of hydrogen-bond donors (Lipinski definition) is 2. The Kier molecular flexibility index (Phi) is 5.92. The predicted octanol–water partition coefficient (Wildman–Crippen LogP) is 4.18. The number of aromatic nitrogens is 3. The number of aliphatic hydroxyl groups excluding tert-OH is 1. The summed E-state index contributed by atoms with van der Waals surface area (Å²) in [7, 11) is 0. The van der Waals surface area contributed by atoms with Crippen LogP contribution in [0, 0.1) is 6.92 Å². The number of aliphatic hydroxyl groups is 1. The predicted molar refractivity (Wildman–Crippen MR) is 98.7 cm³/mol. The van der Waals surface area contributed by atoms with Gasteiger partial charge in [0.2, 0.25) is 5.95 Å². The first kappa shape index (κ1) is 21.5. The van der Waals surface area contributed by atoms with E-state index in [0.29, 0.717) is 11.5 Å². The van der Waals surface area contributed by atoms with Gasteiger partial charge in [-0.1, -0.05) is 29.8 Å². The number of aryl methyl sites for hydroxylation is 1. The molecule has 11 heteroatoms. The van der Waals surface area contributed by atoms with Crippen molar-refractivity contribution < 1.29 is 31.8 Å². The van der Waals surface area contributed by atoms with Crippen molar-refractivity contribution in [3.63, 3.8) is 0 Å². The summed E-state index contributed by atoms with van der Waals surface area (Å²) < 4.78 is 68.1. The Balaban J connectivity index is 1.91. The maximum Gasteiger partial charge on any atom is 0.499 e. The van der Waals surface area contributed by atoms with E-state index in [1.165, 1.54) is 16.8 Å². The number of anilines is 1. The Labute approximate surface area is 167 Å². The second-order valence-electron chi connectivity index (χ2n) is 6.30. The molecule has 1 aromatic heterocycles. The minimum atomic E-state index is -5.83. The molecule has 0 saturated carbocycles. The van der Waals surface area contributed by atoms with E-state index in [2.05, 4.69) is 20.1 Å². The third-order valence-electron chi connectivity index (χ3n) is 3.97. The van der Waals surface area contributed by atoms with Crippen molar-refractivity contribution in [3.05, 3.63) is 54.1 Å². The van der Waals surface area contributed by atoms with Crippen LogP contribution in [0.2, 0.25) is 0 Å². The molecule has 0 fully saturated rings. The Morgan fingerprint density at radius 1 is 1.00 bits per heavy atom. The van der Waals surface area contributed by atoms with E-state index in [1.807, 2.05) is 31.2 Å². The number of hydrogen-bond acceptors (Lipinski definition) is 5. The highest BCUT2D eigenvalue weighted by Gasteiger charge is 2.61. The van der Waals surface area contributed by atoms with E-state index >= 15 is 0 Å². The van der Waals surface area contributed by atoms with Gasteiger partial charge in [0.15, 0.2) is 5.82 Å². The molecule has 0 aliphatic carbocycles. The van der Waals surface area contributed by atoms with Crippen molar-refractivity contribution in [1.82, 2.24) is 14.8 Å². The van der Waals surface area contributed by atoms with Crippen LogP contribution in [0.4, 0.5) is 27.9 Å². The smallest absolute Gasteiger partial charge is 0.426 e. The number of ether oxygens (including phenoxy) is 1. The fourth-order valence-electron chi connectivity index (χ4n) is 2.46. The molecule has 0 aliphatic rings. The number of alkyl halides is 5. The minimum absolute atomic E-state index is 0.172. The first-order valence-electron chi connectivity index (χ1n) is 8.73. The summed E-state index contributed by atoms with van der Waals surface area (Å²) in [6.45, 7) is 1.92. The van der Waals surface area contributed by atoms with E-state index in [9.17, 15) is 22.0 Å². The van der Waals surface area contributed by atoms with Gasteiger partial charge in [-0.15, -0.1) is 5.10 Å². The molecular weight excluding hydrogens is 411 g/mol. The molecule has 0 amide bonds. The molecule has 3 aromatic rings. The molecule has 0 saturated heterocycles. The van der Waals surface area contributed by atoms with Crippen molar-refractivity contribution in [2.75, 3.05) is 18.5 Å². The van der Waals surface area contributed by atoms with Gasteiger partial charge >= 0.3 is 12.3 Å². The molecule has 0 radical (unpaired) electrons. The van der Waals surface area contributed by atoms with E-state index in [1.54, 1.807) is 0 Å². The van der Waals surface area contributed by atoms with Gasteiger partial charge in [0.05, 0.1) is 12.3 Å². The topological polar surface area (TPSA) is 72.2 Å². The van der Waals surface area contributed by atoms with Gasteiger partial charge in [0.25, 0.3) is 0 Å². The van der Waals surface area contributed by atoms with Crippen LogP contribution in [0.25, 0.3) is 17.1 Å². The SMILES string of the molecule is Cc1ccc(-c2nc(NCCO)n(-c3ccc(OC(F)(F)C(F)(F)F)cc3)n2)cc1. The summed E-state index contributed by atoms with van der Waals surface area (Å²) in [5.41, 5.74) is 2.10. The molecule has 1 heterocycles. The zero-order valence-electron chi connectivity index (χ0n) is 15.6. The summed E-state index contributed by atoms with van der Waals surface area (Å²) in [5.74, 6) is -0.0434. The van der Waals surface area contributed by atoms with Gasteiger partial charge in [-0.2, -0.15) is 31.6 Å². The summed E-state index contributed by atoms with van der Waals surface area (Å²) in [4.78, 5) is 4.37. The van der Waals surface area contributed by atoms with Gasteiger partial charge in [0, 0.05) is 12.1 Å². The average molecular weight is 428 g/mol. The number of halogens is 5. The lowest BCUT2D eigenvalue weighted by atomic mass is 10.1. The summed E-state index contributed by atoms with van der Waals surface area (Å²) in [6.07, 6.45) is -11.1. The molecule has 30 heavy (non-hydrogen) atoms. The first-order valence-corrected chi connectivity index (χ1v) is 8.73. The van der Waals surface area contributed by atoms with Crippen molar-refractivity contribution >= 4 is 5.95 Å². The molecule has 0 aliphatic heterocycles. The molecule has 2 N–H and O–H groups in total. The number of benzene rings is 2. The maximum atomic E-state index is 13.1. The van der Waals surface area contributed by atoms with Crippen LogP contribution in [0.3, 0.4) is 0 Å². The van der Waals surface area contributed by atoms with E-state index in [0.717, 1.165) is 23.3 Å². The Hall–Kier alpha value is -3.21. The molecule has 0 bridgehead atoms. The van der Waals surface area contributed by atoms with Crippen LogP contribution in [-0.2, 0) is 0 Å². The highest BCUT2D eigenvalue weighted by atomic mass is 19.4. The minimum Gasteiger partial charge on any atom is -0.426 e. The average Bonchev–Trinajstić information content (AvgIpc) is 3.10. The lowest BCUT2D eigenvalue weighted by molar-refractivity contribution is -0.360. The van der Waals surface area contributed by atoms with Crippen LogP contribution in [0.15, 0.2) is 48.5 Å². The lowest BCUT2D eigenvalue weighted by Gasteiger charge is -2.20. The Morgan fingerprint density at radius 3 is 2.20 bits per heavy atom. The Bertz CT molecular complexity index is 986. The third-order valence-corrected chi connectivity index (χ3v) is 3.97. The molecule has 0 atom stereocenters. The molecule has 6 nitrogen and oxygen atoms in total. The normalized spacial score (nSPS) is 12.1. The first-order chi connectivity index (χ1) is 14.1. The highest BCUT2D eigenvalue weighted by Crippen LogP contribution is 2.37. The molecule has 3 rings (SSSR count). The lowest BCUT2D eigenvalue weighted by Crippen LogP contribution is -2.41. The van der Waals surface area contributed by atoms with E-state index in [-0.39, 0.29) is 19.1 Å². The number of rotatable bonds is 7. The van der Waals surface area contributed by atoms with Crippen molar-refractivity contribution in [2.45, 2.75) is 19.2 Å². The van der Waals surface area contributed by atoms with Crippen molar-refractivity contribution in [1.29, 1.82) is 0 Å². The maximum absolute atomic E-state index is 13.1. The van der Waals surface area contributed by atoms with Crippen LogP contribution >= 0.6 is 0 Å². The zero-order valence-corrected chi connectivity index (χ0v) is 15.6. The van der Waals surface area contributed by atoms with Gasteiger partial charge in [-0.25, -0.2) is 0 Å². The fraction of sp³-hybridized carbons (Fsp3) is 0.263. The van der Waals surface area contributed by atoms with Crippen LogP contribution in [0.5, 0.6) is 5.75 Å². The quantitative estimate of drug-likeness (QED) is 0.553. The van der Waals surface area contributed by atoms with Gasteiger partial charge in [-0.05, 0) is 31.2 Å². The van der Waals surface area contributed by atoms with Gasteiger partial charge < -0.3 is 15.2 Å². The number of nitrogens with zero attached hydrogens (tertiary/aromatic N) is 3. The summed E-state index contributed by atoms with van der Waals surface area (Å²) in [5, 5.41) is 16.3. The fourth-order valence-corrected chi connectivity index (χ4v) is 2.46. The summed E-state index contributed by atoms with van der Waals surface area (Å²) in [6, 6.07) is 11.9. The molecule has 0 spiro atoms. The Morgan fingerprint density at radius 2 is 1.63 bits per heavy atom. The van der Waals surface area contributed by atoms with E-state index < -0.39 is 18.0 Å². The van der Waals surface area contributed by atoms with Gasteiger partial charge in [-0.3, -0.25) is 0 Å². The van der Waals surface area contributed by atoms with Crippen LogP contribution < -0.4 is 10.1 Å². The number of nitrogens with one attached hydrogen (secondary N) is 1. The second kappa shape index (κ2) is 8.27. The highest BCUT2D eigenvalue weighted by molar-refractivity contribution is 5.58. The van der Waals surface area contributed by atoms with Crippen LogP contribution in [-0.4, -0.2) is 45.3 Å². The molecule has 2 aromatic carbocycles.